The molecule has 0 aliphatic rings. The molecule has 1 atom stereocenters. The molecule has 1 heterocycles. The second kappa shape index (κ2) is 4.55. The van der Waals surface area contributed by atoms with E-state index < -0.39 is 17.7 Å². The fourth-order valence-corrected chi connectivity index (χ4v) is 2.67. The van der Waals surface area contributed by atoms with Crippen molar-refractivity contribution in [2.45, 2.75) is 20.0 Å². The summed E-state index contributed by atoms with van der Waals surface area (Å²) < 4.78 is 26.6. The van der Waals surface area contributed by atoms with Crippen LogP contribution in [-0.2, 0) is 0 Å². The van der Waals surface area contributed by atoms with Crippen LogP contribution in [0, 0.1) is 25.5 Å². The van der Waals surface area contributed by atoms with Gasteiger partial charge in [-0.3, -0.25) is 0 Å². The Morgan fingerprint density at radius 2 is 1.94 bits per heavy atom. The van der Waals surface area contributed by atoms with E-state index in [0.29, 0.717) is 4.88 Å². The predicted molar refractivity (Wildman–Crippen MR) is 64.2 cm³/mol. The Morgan fingerprint density at radius 3 is 2.53 bits per heavy atom. The zero-order valence-electron chi connectivity index (χ0n) is 9.50. The molecule has 1 aromatic heterocycles. The van der Waals surface area contributed by atoms with E-state index in [1.54, 1.807) is 6.07 Å². The summed E-state index contributed by atoms with van der Waals surface area (Å²) in [5.74, 6) is -1.92. The van der Waals surface area contributed by atoms with Gasteiger partial charge in [-0.15, -0.1) is 11.3 Å². The Morgan fingerprint density at radius 1 is 1.24 bits per heavy atom. The van der Waals surface area contributed by atoms with Gasteiger partial charge in [0, 0.05) is 15.3 Å². The number of benzene rings is 1. The number of rotatable bonds is 2. The summed E-state index contributed by atoms with van der Waals surface area (Å²) in [5.41, 5.74) is 1.02. The van der Waals surface area contributed by atoms with E-state index in [9.17, 15) is 13.9 Å². The Labute approximate surface area is 102 Å². The van der Waals surface area contributed by atoms with Gasteiger partial charge >= 0.3 is 0 Å². The van der Waals surface area contributed by atoms with Gasteiger partial charge in [-0.05, 0) is 31.5 Å². The quantitative estimate of drug-likeness (QED) is 0.866. The highest BCUT2D eigenvalue weighted by atomic mass is 32.1. The van der Waals surface area contributed by atoms with E-state index >= 15 is 0 Å². The van der Waals surface area contributed by atoms with Crippen LogP contribution in [0.25, 0.3) is 0 Å². The summed E-state index contributed by atoms with van der Waals surface area (Å²) in [6.07, 6.45) is -1.11. The predicted octanol–water partition coefficient (Wildman–Crippen LogP) is 3.72. The summed E-state index contributed by atoms with van der Waals surface area (Å²) >= 11 is 1.39. The van der Waals surface area contributed by atoms with Crippen LogP contribution in [0.4, 0.5) is 8.78 Å². The number of hydrogen-bond acceptors (Lipinski definition) is 2. The van der Waals surface area contributed by atoms with Gasteiger partial charge in [0.15, 0.2) is 11.6 Å². The van der Waals surface area contributed by atoms with E-state index in [1.807, 2.05) is 13.8 Å². The van der Waals surface area contributed by atoms with Crippen LogP contribution < -0.4 is 0 Å². The van der Waals surface area contributed by atoms with Gasteiger partial charge in [-0.1, -0.05) is 12.1 Å². The van der Waals surface area contributed by atoms with Crippen LogP contribution in [0.15, 0.2) is 24.3 Å². The lowest BCUT2D eigenvalue weighted by molar-refractivity contribution is 0.217. The molecule has 1 N–H and O–H groups in total. The monoisotopic (exact) mass is 254 g/mol. The number of aryl methyl sites for hydroxylation is 2. The molecule has 0 spiro atoms. The molecule has 0 bridgehead atoms. The van der Waals surface area contributed by atoms with Crippen molar-refractivity contribution in [2.24, 2.45) is 0 Å². The van der Waals surface area contributed by atoms with Crippen LogP contribution in [0.1, 0.15) is 27.0 Å². The van der Waals surface area contributed by atoms with Crippen LogP contribution in [-0.4, -0.2) is 5.11 Å². The molecule has 0 fully saturated rings. The number of hydrogen-bond donors (Lipinski definition) is 1. The third kappa shape index (κ3) is 2.23. The Kier molecular flexibility index (Phi) is 3.26. The van der Waals surface area contributed by atoms with Gasteiger partial charge in [0.05, 0.1) is 0 Å². The molecular weight excluding hydrogens is 242 g/mol. The van der Waals surface area contributed by atoms with Crippen molar-refractivity contribution in [3.05, 3.63) is 56.8 Å². The lowest BCUT2D eigenvalue weighted by atomic mass is 10.1. The number of aliphatic hydroxyl groups excluding tert-OH is 1. The number of thiophene rings is 1. The minimum Gasteiger partial charge on any atom is -0.383 e. The summed E-state index contributed by atoms with van der Waals surface area (Å²) in [5, 5.41) is 10.0. The van der Waals surface area contributed by atoms with Gasteiger partial charge in [-0.2, -0.15) is 0 Å². The van der Waals surface area contributed by atoms with Crippen LogP contribution in [0.3, 0.4) is 0 Å². The maximum absolute atomic E-state index is 13.5. The first-order valence-electron chi connectivity index (χ1n) is 5.19. The van der Waals surface area contributed by atoms with Crippen molar-refractivity contribution in [2.75, 3.05) is 0 Å². The minimum absolute atomic E-state index is 0.0220. The molecule has 2 aromatic rings. The summed E-state index contributed by atoms with van der Waals surface area (Å²) in [6, 6.07) is 5.63. The zero-order valence-corrected chi connectivity index (χ0v) is 10.3. The molecule has 0 radical (unpaired) electrons. The normalized spacial score (nSPS) is 12.8. The molecule has 17 heavy (non-hydrogen) atoms. The molecule has 0 amide bonds. The fraction of sp³-hybridized carbons (Fsp3) is 0.231. The van der Waals surface area contributed by atoms with Crippen LogP contribution >= 0.6 is 11.3 Å². The molecule has 4 heteroatoms. The van der Waals surface area contributed by atoms with Crippen LogP contribution in [0.5, 0.6) is 0 Å². The second-order valence-corrected chi connectivity index (χ2v) is 5.22. The highest BCUT2D eigenvalue weighted by Gasteiger charge is 2.19. The van der Waals surface area contributed by atoms with Gasteiger partial charge in [-0.25, -0.2) is 8.78 Å². The first kappa shape index (κ1) is 12.2. The number of halogens is 2. The summed E-state index contributed by atoms with van der Waals surface area (Å²) in [4.78, 5) is 1.69. The molecule has 1 nitrogen and oxygen atoms in total. The van der Waals surface area contributed by atoms with E-state index in [0.717, 1.165) is 16.5 Å². The third-order valence-corrected chi connectivity index (χ3v) is 3.94. The summed E-state index contributed by atoms with van der Waals surface area (Å²) in [6.45, 7) is 3.85. The Balaban J connectivity index is 2.43. The van der Waals surface area contributed by atoms with E-state index in [-0.39, 0.29) is 5.56 Å². The molecule has 1 aromatic carbocycles. The highest BCUT2D eigenvalue weighted by Crippen LogP contribution is 2.32. The maximum atomic E-state index is 13.5. The molecule has 0 aliphatic heterocycles. The first-order chi connectivity index (χ1) is 8.00. The Hall–Kier alpha value is -1.26. The van der Waals surface area contributed by atoms with Gasteiger partial charge in [0.2, 0.25) is 0 Å². The second-order valence-electron chi connectivity index (χ2n) is 3.93. The van der Waals surface area contributed by atoms with E-state index in [1.165, 1.54) is 23.5 Å². The van der Waals surface area contributed by atoms with Crippen LogP contribution in [0.2, 0.25) is 0 Å². The summed E-state index contributed by atoms with van der Waals surface area (Å²) in [7, 11) is 0. The van der Waals surface area contributed by atoms with Crippen molar-refractivity contribution < 1.29 is 13.9 Å². The van der Waals surface area contributed by atoms with Crippen molar-refractivity contribution in [1.29, 1.82) is 0 Å². The molecule has 1 unspecified atom stereocenters. The molecule has 2 rings (SSSR count). The average molecular weight is 254 g/mol. The molecule has 0 saturated carbocycles. The molecule has 0 aliphatic carbocycles. The maximum Gasteiger partial charge on any atom is 0.164 e. The zero-order chi connectivity index (χ0) is 12.6. The molecule has 0 saturated heterocycles. The standard InChI is InChI=1S/C13H12F2OS/c1-7-6-11(17-8(7)2)13(16)9-4-3-5-10(14)12(9)15/h3-6,13,16H,1-2H3. The van der Waals surface area contributed by atoms with Crippen molar-refractivity contribution in [3.63, 3.8) is 0 Å². The van der Waals surface area contributed by atoms with Crippen molar-refractivity contribution in [3.8, 4) is 0 Å². The molecular formula is C13H12F2OS. The van der Waals surface area contributed by atoms with Gasteiger partial charge in [0.1, 0.15) is 6.10 Å². The largest absolute Gasteiger partial charge is 0.383 e. The minimum atomic E-state index is -1.11. The van der Waals surface area contributed by atoms with Crippen molar-refractivity contribution in [1.82, 2.24) is 0 Å². The fourth-order valence-electron chi connectivity index (χ4n) is 1.62. The van der Waals surface area contributed by atoms with E-state index in [2.05, 4.69) is 0 Å². The SMILES string of the molecule is Cc1cc(C(O)c2cccc(F)c2F)sc1C. The van der Waals surface area contributed by atoms with E-state index in [4.69, 9.17) is 0 Å². The van der Waals surface area contributed by atoms with Crippen molar-refractivity contribution >= 4 is 11.3 Å². The molecule has 90 valence electrons. The lowest BCUT2D eigenvalue weighted by Gasteiger charge is -2.10. The van der Waals surface area contributed by atoms with Gasteiger partial charge < -0.3 is 5.11 Å². The average Bonchev–Trinajstić information content (AvgIpc) is 2.62. The third-order valence-electron chi connectivity index (χ3n) is 2.73. The first-order valence-corrected chi connectivity index (χ1v) is 6.01. The lowest BCUT2D eigenvalue weighted by Crippen LogP contribution is -2.02. The van der Waals surface area contributed by atoms with Gasteiger partial charge in [0.25, 0.3) is 0 Å². The Bertz CT molecular complexity index is 529. The highest BCUT2D eigenvalue weighted by molar-refractivity contribution is 7.12. The topological polar surface area (TPSA) is 20.2 Å². The smallest absolute Gasteiger partial charge is 0.164 e. The number of aliphatic hydroxyl groups is 1.